The van der Waals surface area contributed by atoms with Gasteiger partial charge in [-0.2, -0.15) is 0 Å². The highest BCUT2D eigenvalue weighted by molar-refractivity contribution is 7.91. The topological polar surface area (TPSA) is 74.7 Å². The van der Waals surface area contributed by atoms with Gasteiger partial charge in [-0.3, -0.25) is 9.69 Å². The molecule has 1 rings (SSSR count). The minimum Gasteiger partial charge on any atom is -0.481 e. The molecule has 0 radical (unpaired) electrons. The maximum Gasteiger partial charge on any atom is 0.310 e. The van der Waals surface area contributed by atoms with Gasteiger partial charge in [-0.1, -0.05) is 13.8 Å². The Hall–Kier alpha value is -0.620. The van der Waals surface area contributed by atoms with Crippen LogP contribution in [0.3, 0.4) is 0 Å². The molecule has 1 heterocycles. The average molecular weight is 277 g/mol. The standard InChI is InChI=1S/C12H23NO4S/c1-4-12(5-2,11(14)15)9-13-6-7-18(16,17)8-10(13)3/h10H,4-9H2,1-3H3,(H,14,15). The molecule has 0 aromatic heterocycles. The predicted molar refractivity (Wildman–Crippen MR) is 70.3 cm³/mol. The molecular formula is C12H23NO4S. The molecule has 1 aliphatic rings. The average Bonchev–Trinajstić information content (AvgIpc) is 2.27. The van der Waals surface area contributed by atoms with Crippen molar-refractivity contribution in [1.29, 1.82) is 0 Å². The van der Waals surface area contributed by atoms with E-state index in [1.54, 1.807) is 0 Å². The normalized spacial score (nSPS) is 24.9. The Labute approximate surface area is 109 Å². The Balaban J connectivity index is 2.81. The summed E-state index contributed by atoms with van der Waals surface area (Å²) in [5.41, 5.74) is -0.755. The molecule has 0 aliphatic carbocycles. The first kappa shape index (κ1) is 15.4. The minimum absolute atomic E-state index is 0.0967. The van der Waals surface area contributed by atoms with Crippen LogP contribution in [0, 0.1) is 5.41 Å². The lowest BCUT2D eigenvalue weighted by Gasteiger charge is -2.39. The maximum atomic E-state index is 11.5. The fraction of sp³-hybridized carbons (Fsp3) is 0.917. The number of aliphatic carboxylic acids is 1. The number of carboxylic acid groups (broad SMARTS) is 1. The van der Waals surface area contributed by atoms with Crippen LogP contribution in [-0.2, 0) is 14.6 Å². The van der Waals surface area contributed by atoms with Crippen LogP contribution in [0.4, 0.5) is 0 Å². The van der Waals surface area contributed by atoms with Gasteiger partial charge < -0.3 is 5.11 Å². The third kappa shape index (κ3) is 3.23. The number of sulfone groups is 1. The Morgan fingerprint density at radius 3 is 2.33 bits per heavy atom. The van der Waals surface area contributed by atoms with Crippen molar-refractivity contribution in [3.63, 3.8) is 0 Å². The fourth-order valence-corrected chi connectivity index (χ4v) is 4.13. The largest absolute Gasteiger partial charge is 0.481 e. The lowest BCUT2D eigenvalue weighted by atomic mass is 9.81. The second-order valence-corrected chi connectivity index (χ2v) is 7.46. The van der Waals surface area contributed by atoms with Gasteiger partial charge >= 0.3 is 5.97 Å². The van der Waals surface area contributed by atoms with E-state index >= 15 is 0 Å². The summed E-state index contributed by atoms with van der Waals surface area (Å²) in [6, 6.07) is -0.0967. The molecule has 6 heteroatoms. The molecule has 1 atom stereocenters. The zero-order valence-corrected chi connectivity index (χ0v) is 12.2. The van der Waals surface area contributed by atoms with Crippen LogP contribution in [0.25, 0.3) is 0 Å². The summed E-state index contributed by atoms with van der Waals surface area (Å²) >= 11 is 0. The van der Waals surface area contributed by atoms with Crippen LogP contribution >= 0.6 is 0 Å². The van der Waals surface area contributed by atoms with E-state index in [-0.39, 0.29) is 17.5 Å². The van der Waals surface area contributed by atoms with Crippen LogP contribution < -0.4 is 0 Å². The SMILES string of the molecule is CCC(CC)(CN1CCS(=O)(=O)CC1C)C(=O)O. The van der Waals surface area contributed by atoms with E-state index < -0.39 is 21.2 Å². The lowest BCUT2D eigenvalue weighted by molar-refractivity contribution is -0.151. The number of carbonyl (C=O) groups is 1. The third-order valence-corrected chi connectivity index (χ3v) is 5.92. The molecule has 1 saturated heterocycles. The third-order valence-electron chi connectivity index (χ3n) is 4.12. The smallest absolute Gasteiger partial charge is 0.310 e. The molecule has 1 unspecified atom stereocenters. The molecule has 0 amide bonds. The maximum absolute atomic E-state index is 11.5. The zero-order valence-electron chi connectivity index (χ0n) is 11.3. The lowest BCUT2D eigenvalue weighted by Crippen LogP contribution is -2.52. The van der Waals surface area contributed by atoms with Gasteiger partial charge in [0, 0.05) is 19.1 Å². The molecule has 18 heavy (non-hydrogen) atoms. The first-order valence-electron chi connectivity index (χ1n) is 6.44. The molecule has 1 N–H and O–H groups in total. The quantitative estimate of drug-likeness (QED) is 0.811. The van der Waals surface area contributed by atoms with E-state index in [9.17, 15) is 18.3 Å². The van der Waals surface area contributed by atoms with Gasteiger partial charge in [0.25, 0.3) is 0 Å². The summed E-state index contributed by atoms with van der Waals surface area (Å²) in [6.07, 6.45) is 1.13. The Bertz CT molecular complexity index is 400. The van der Waals surface area contributed by atoms with Crippen molar-refractivity contribution in [1.82, 2.24) is 4.90 Å². The van der Waals surface area contributed by atoms with Gasteiger partial charge in [0.05, 0.1) is 16.9 Å². The van der Waals surface area contributed by atoms with Crippen molar-refractivity contribution >= 4 is 15.8 Å². The number of nitrogens with zero attached hydrogens (tertiary/aromatic N) is 1. The predicted octanol–water partition coefficient (Wildman–Crippen LogP) is 0.996. The van der Waals surface area contributed by atoms with Crippen molar-refractivity contribution in [2.75, 3.05) is 24.6 Å². The Morgan fingerprint density at radius 1 is 1.39 bits per heavy atom. The second kappa shape index (κ2) is 5.57. The van der Waals surface area contributed by atoms with E-state index in [0.29, 0.717) is 25.9 Å². The van der Waals surface area contributed by atoms with Gasteiger partial charge in [-0.05, 0) is 19.8 Å². The van der Waals surface area contributed by atoms with Crippen molar-refractivity contribution in [3.8, 4) is 0 Å². The molecule has 0 aromatic carbocycles. The monoisotopic (exact) mass is 277 g/mol. The molecule has 106 valence electrons. The molecule has 1 aliphatic heterocycles. The van der Waals surface area contributed by atoms with Crippen LogP contribution in [0.1, 0.15) is 33.6 Å². The van der Waals surface area contributed by atoms with Gasteiger partial charge in [0.2, 0.25) is 0 Å². The number of hydrogen-bond acceptors (Lipinski definition) is 4. The van der Waals surface area contributed by atoms with E-state index in [0.717, 1.165) is 0 Å². The van der Waals surface area contributed by atoms with E-state index in [4.69, 9.17) is 0 Å². The van der Waals surface area contributed by atoms with Crippen molar-refractivity contribution in [3.05, 3.63) is 0 Å². The molecule has 0 saturated carbocycles. The Kier molecular flexibility index (Phi) is 4.78. The number of rotatable bonds is 5. The molecule has 0 bridgehead atoms. The highest BCUT2D eigenvalue weighted by Crippen LogP contribution is 2.29. The van der Waals surface area contributed by atoms with Crippen LogP contribution in [0.15, 0.2) is 0 Å². The number of hydrogen-bond donors (Lipinski definition) is 1. The van der Waals surface area contributed by atoms with E-state index in [1.807, 2.05) is 25.7 Å². The highest BCUT2D eigenvalue weighted by atomic mass is 32.2. The summed E-state index contributed by atoms with van der Waals surface area (Å²) in [6.45, 7) is 6.49. The van der Waals surface area contributed by atoms with Gasteiger partial charge in [0.15, 0.2) is 9.84 Å². The van der Waals surface area contributed by atoms with Gasteiger partial charge in [-0.15, -0.1) is 0 Å². The second-order valence-electron chi connectivity index (χ2n) is 5.23. The summed E-state index contributed by atoms with van der Waals surface area (Å²) < 4.78 is 23.0. The first-order valence-corrected chi connectivity index (χ1v) is 8.26. The molecular weight excluding hydrogens is 254 g/mol. The summed E-state index contributed by atoms with van der Waals surface area (Å²) in [4.78, 5) is 13.4. The van der Waals surface area contributed by atoms with E-state index in [1.165, 1.54) is 0 Å². The molecule has 1 fully saturated rings. The van der Waals surface area contributed by atoms with Crippen molar-refractivity contribution in [2.45, 2.75) is 39.7 Å². The van der Waals surface area contributed by atoms with Crippen LogP contribution in [0.2, 0.25) is 0 Å². The zero-order chi connectivity index (χ0) is 14.0. The highest BCUT2D eigenvalue weighted by Gasteiger charge is 2.39. The number of carboxylic acids is 1. The van der Waals surface area contributed by atoms with Crippen LogP contribution in [0.5, 0.6) is 0 Å². The minimum atomic E-state index is -2.94. The van der Waals surface area contributed by atoms with Gasteiger partial charge in [-0.25, -0.2) is 8.42 Å². The van der Waals surface area contributed by atoms with Crippen LogP contribution in [-0.4, -0.2) is 55.0 Å². The fourth-order valence-electron chi connectivity index (χ4n) is 2.50. The molecule has 0 spiro atoms. The molecule has 5 nitrogen and oxygen atoms in total. The molecule has 0 aromatic rings. The van der Waals surface area contributed by atoms with Crippen molar-refractivity contribution in [2.24, 2.45) is 5.41 Å². The Morgan fingerprint density at radius 2 is 1.94 bits per heavy atom. The summed E-state index contributed by atoms with van der Waals surface area (Å²) in [7, 11) is -2.94. The van der Waals surface area contributed by atoms with E-state index in [2.05, 4.69) is 0 Å². The van der Waals surface area contributed by atoms with Gasteiger partial charge in [0.1, 0.15) is 0 Å². The summed E-state index contributed by atoms with van der Waals surface area (Å²) in [5, 5.41) is 9.40. The first-order chi connectivity index (χ1) is 8.26. The summed E-state index contributed by atoms with van der Waals surface area (Å²) in [5.74, 6) is -0.510. The van der Waals surface area contributed by atoms with Crippen molar-refractivity contribution < 1.29 is 18.3 Å².